The molecule has 7 heteroatoms. The average Bonchev–Trinajstić information content (AvgIpc) is 2.75. The van der Waals surface area contributed by atoms with Crippen molar-refractivity contribution in [3.8, 4) is 0 Å². The number of rotatable bonds is 6. The molecule has 1 unspecified atom stereocenters. The summed E-state index contributed by atoms with van der Waals surface area (Å²) in [6.07, 6.45) is 0. The zero-order valence-corrected chi connectivity index (χ0v) is 12.1. The Kier molecular flexibility index (Phi) is 5.87. The van der Waals surface area contributed by atoms with Crippen molar-refractivity contribution >= 4 is 22.4 Å². The highest BCUT2D eigenvalue weighted by Crippen LogP contribution is 2.18. The molecule has 0 aromatic carbocycles. The van der Waals surface area contributed by atoms with E-state index in [1.165, 1.54) is 0 Å². The van der Waals surface area contributed by atoms with E-state index in [2.05, 4.69) is 15.3 Å². The summed E-state index contributed by atoms with van der Waals surface area (Å²) >= 11 is 1.60. The molecule has 3 N–H and O–H groups in total. The molecule has 1 aromatic heterocycles. The van der Waals surface area contributed by atoms with Crippen LogP contribution in [0.3, 0.4) is 0 Å². The number of anilines is 1. The second-order valence-corrected chi connectivity index (χ2v) is 5.05. The molecule has 1 aromatic rings. The molecule has 1 rings (SSSR count). The molecule has 0 radical (unpaired) electrons. The number of nitrogens with zero attached hydrogens (tertiary/aromatic N) is 3. The minimum absolute atomic E-state index is 0.145. The Morgan fingerprint density at radius 3 is 2.94 bits per heavy atom. The van der Waals surface area contributed by atoms with Crippen LogP contribution in [0, 0.1) is 0 Å². The standard InChI is InChI=1S/C11H21N5OS/c1-8(6-17-4)14-10(12)13-5-9-7-18-11(15-9)16(2)3/h7-8H,5-6H2,1-4H3,(H3,12,13,14). The maximum Gasteiger partial charge on any atom is 0.189 e. The summed E-state index contributed by atoms with van der Waals surface area (Å²) in [6.45, 7) is 3.07. The zero-order valence-electron chi connectivity index (χ0n) is 11.3. The molecule has 0 aliphatic rings. The van der Waals surface area contributed by atoms with Gasteiger partial charge in [0.05, 0.1) is 18.8 Å². The molecule has 0 amide bonds. The second kappa shape index (κ2) is 7.17. The van der Waals surface area contributed by atoms with Crippen molar-refractivity contribution in [2.75, 3.05) is 32.7 Å². The number of aliphatic imine (C=N–C) groups is 1. The number of guanidine groups is 1. The van der Waals surface area contributed by atoms with Crippen LogP contribution in [0.1, 0.15) is 12.6 Å². The van der Waals surface area contributed by atoms with E-state index < -0.39 is 0 Å². The Bertz CT molecular complexity index is 391. The van der Waals surface area contributed by atoms with Gasteiger partial charge in [-0.3, -0.25) is 0 Å². The van der Waals surface area contributed by atoms with Crippen LogP contribution in [0.4, 0.5) is 5.13 Å². The lowest BCUT2D eigenvalue weighted by Crippen LogP contribution is -2.40. The molecule has 6 nitrogen and oxygen atoms in total. The Morgan fingerprint density at radius 2 is 2.39 bits per heavy atom. The molecule has 0 saturated carbocycles. The lowest BCUT2D eigenvalue weighted by Gasteiger charge is -2.12. The Morgan fingerprint density at radius 1 is 1.67 bits per heavy atom. The van der Waals surface area contributed by atoms with Gasteiger partial charge in [0.25, 0.3) is 0 Å². The van der Waals surface area contributed by atoms with Crippen LogP contribution < -0.4 is 16.0 Å². The molecule has 0 bridgehead atoms. The topological polar surface area (TPSA) is 75.8 Å². The zero-order chi connectivity index (χ0) is 13.5. The highest BCUT2D eigenvalue weighted by Gasteiger charge is 2.04. The predicted molar refractivity (Wildman–Crippen MR) is 76.2 cm³/mol. The molecule has 0 fully saturated rings. The van der Waals surface area contributed by atoms with Crippen LogP contribution in [-0.4, -0.2) is 44.8 Å². The lowest BCUT2D eigenvalue weighted by molar-refractivity contribution is 0.179. The summed E-state index contributed by atoms with van der Waals surface area (Å²) in [5, 5.41) is 6.01. The number of aromatic nitrogens is 1. The van der Waals surface area contributed by atoms with Crippen LogP contribution in [-0.2, 0) is 11.3 Å². The van der Waals surface area contributed by atoms with E-state index in [-0.39, 0.29) is 6.04 Å². The minimum atomic E-state index is 0.145. The third kappa shape index (κ3) is 4.89. The molecule has 102 valence electrons. The van der Waals surface area contributed by atoms with Crippen molar-refractivity contribution in [1.29, 1.82) is 0 Å². The van der Waals surface area contributed by atoms with E-state index >= 15 is 0 Å². The number of ether oxygens (including phenoxy) is 1. The van der Waals surface area contributed by atoms with Crippen LogP contribution in [0.2, 0.25) is 0 Å². The van der Waals surface area contributed by atoms with Crippen molar-refractivity contribution in [3.63, 3.8) is 0 Å². The van der Waals surface area contributed by atoms with E-state index in [1.54, 1.807) is 18.4 Å². The SMILES string of the molecule is COCC(C)NC(N)=NCc1csc(N(C)C)n1. The van der Waals surface area contributed by atoms with Crippen LogP contribution >= 0.6 is 11.3 Å². The van der Waals surface area contributed by atoms with E-state index in [9.17, 15) is 0 Å². The fourth-order valence-electron chi connectivity index (χ4n) is 1.33. The fourth-order valence-corrected chi connectivity index (χ4v) is 2.08. The van der Waals surface area contributed by atoms with E-state index in [1.807, 2.05) is 31.3 Å². The van der Waals surface area contributed by atoms with Gasteiger partial charge >= 0.3 is 0 Å². The Labute approximate surface area is 112 Å². The predicted octanol–water partition coefficient (Wildman–Crippen LogP) is 0.648. The van der Waals surface area contributed by atoms with Gasteiger partial charge in [0.2, 0.25) is 0 Å². The summed E-state index contributed by atoms with van der Waals surface area (Å²) in [5.74, 6) is 0.416. The van der Waals surface area contributed by atoms with Crippen molar-refractivity contribution < 1.29 is 4.74 Å². The summed E-state index contributed by atoms with van der Waals surface area (Å²) in [4.78, 5) is 10.6. The normalized spacial score (nSPS) is 13.4. The van der Waals surface area contributed by atoms with Crippen molar-refractivity contribution in [1.82, 2.24) is 10.3 Å². The monoisotopic (exact) mass is 271 g/mol. The quantitative estimate of drug-likeness (QED) is 0.587. The number of hydrogen-bond acceptors (Lipinski definition) is 5. The fraction of sp³-hybridized carbons (Fsp3) is 0.636. The minimum Gasteiger partial charge on any atom is -0.383 e. The van der Waals surface area contributed by atoms with Gasteiger partial charge < -0.3 is 20.7 Å². The highest BCUT2D eigenvalue weighted by atomic mass is 32.1. The van der Waals surface area contributed by atoms with Gasteiger partial charge in [-0.25, -0.2) is 9.98 Å². The number of nitrogens with two attached hydrogens (primary N) is 1. The Hall–Kier alpha value is -1.34. The molecule has 0 aliphatic heterocycles. The van der Waals surface area contributed by atoms with Gasteiger partial charge in [0, 0.05) is 32.6 Å². The van der Waals surface area contributed by atoms with Gasteiger partial charge in [-0.05, 0) is 6.92 Å². The van der Waals surface area contributed by atoms with Gasteiger partial charge in [-0.2, -0.15) is 0 Å². The number of methoxy groups -OCH3 is 1. The van der Waals surface area contributed by atoms with Crippen LogP contribution in [0.5, 0.6) is 0 Å². The molecular weight excluding hydrogens is 250 g/mol. The van der Waals surface area contributed by atoms with Gasteiger partial charge in [-0.1, -0.05) is 0 Å². The van der Waals surface area contributed by atoms with E-state index in [0.29, 0.717) is 19.1 Å². The van der Waals surface area contributed by atoms with E-state index in [4.69, 9.17) is 10.5 Å². The maximum absolute atomic E-state index is 5.77. The first-order valence-corrected chi connectivity index (χ1v) is 6.58. The summed E-state index contributed by atoms with van der Waals surface area (Å²) in [6, 6.07) is 0.145. The largest absolute Gasteiger partial charge is 0.383 e. The summed E-state index contributed by atoms with van der Waals surface area (Å²) < 4.78 is 5.01. The second-order valence-electron chi connectivity index (χ2n) is 4.22. The molecular formula is C11H21N5OS. The van der Waals surface area contributed by atoms with Crippen molar-refractivity contribution in [3.05, 3.63) is 11.1 Å². The molecule has 0 aliphatic carbocycles. The summed E-state index contributed by atoms with van der Waals surface area (Å²) in [5.41, 5.74) is 6.69. The van der Waals surface area contributed by atoms with E-state index in [0.717, 1.165) is 10.8 Å². The molecule has 18 heavy (non-hydrogen) atoms. The maximum atomic E-state index is 5.77. The Balaban J connectivity index is 2.46. The number of thiazole rings is 1. The first-order valence-electron chi connectivity index (χ1n) is 5.70. The first kappa shape index (κ1) is 14.7. The van der Waals surface area contributed by atoms with Gasteiger partial charge in [0.15, 0.2) is 11.1 Å². The third-order valence-corrected chi connectivity index (χ3v) is 3.20. The number of nitrogens with one attached hydrogen (secondary N) is 1. The van der Waals surface area contributed by atoms with Gasteiger partial charge in [-0.15, -0.1) is 11.3 Å². The first-order chi connectivity index (χ1) is 8.52. The van der Waals surface area contributed by atoms with Crippen LogP contribution in [0.15, 0.2) is 10.4 Å². The smallest absolute Gasteiger partial charge is 0.189 e. The molecule has 0 spiro atoms. The summed E-state index contributed by atoms with van der Waals surface area (Å²) in [7, 11) is 5.59. The van der Waals surface area contributed by atoms with Crippen molar-refractivity contribution in [2.45, 2.75) is 19.5 Å². The highest BCUT2D eigenvalue weighted by molar-refractivity contribution is 7.13. The lowest BCUT2D eigenvalue weighted by atomic mass is 10.4. The number of hydrogen-bond donors (Lipinski definition) is 2. The molecule has 1 atom stereocenters. The van der Waals surface area contributed by atoms with Crippen LogP contribution in [0.25, 0.3) is 0 Å². The van der Waals surface area contributed by atoms with Crippen molar-refractivity contribution in [2.24, 2.45) is 10.7 Å². The average molecular weight is 271 g/mol. The molecule has 0 saturated heterocycles. The van der Waals surface area contributed by atoms with Gasteiger partial charge in [0.1, 0.15) is 0 Å². The third-order valence-electron chi connectivity index (χ3n) is 2.14. The molecule has 1 heterocycles.